The number of halogens is 6. The number of carbonyl (C=O) groups is 2. The largest absolute Gasteiger partial charge is 0.418 e. The third-order valence-electron chi connectivity index (χ3n) is 6.63. The third kappa shape index (κ3) is 4.67. The van der Waals surface area contributed by atoms with Crippen molar-refractivity contribution < 1.29 is 35.9 Å². The van der Waals surface area contributed by atoms with E-state index in [1.807, 2.05) is 0 Å². The minimum atomic E-state index is -4.84. The maximum Gasteiger partial charge on any atom is 0.418 e. The van der Waals surface area contributed by atoms with Gasteiger partial charge >= 0.3 is 6.18 Å². The molecule has 0 saturated carbocycles. The number of pyridine rings is 1. The number of rotatable bonds is 4. The minimum Gasteiger partial charge on any atom is -0.382 e. The second kappa shape index (κ2) is 9.81. The van der Waals surface area contributed by atoms with Crippen LogP contribution >= 0.6 is 0 Å². The van der Waals surface area contributed by atoms with Gasteiger partial charge in [-0.05, 0) is 36.8 Å². The summed E-state index contributed by atoms with van der Waals surface area (Å²) in [7, 11) is 0. The van der Waals surface area contributed by atoms with Crippen molar-refractivity contribution in [2.75, 3.05) is 18.8 Å². The van der Waals surface area contributed by atoms with E-state index in [0.29, 0.717) is 6.07 Å². The van der Waals surface area contributed by atoms with E-state index in [0.717, 1.165) is 40.1 Å². The van der Waals surface area contributed by atoms with Crippen molar-refractivity contribution in [1.82, 2.24) is 29.8 Å². The molecule has 15 heteroatoms. The number of nitrogens with two attached hydrogens (primary N) is 1. The number of likely N-dealkylation sites (tertiary alicyclic amines) is 1. The molecule has 208 valence electrons. The van der Waals surface area contributed by atoms with Gasteiger partial charge < -0.3 is 16.0 Å². The number of fused-ring (bicyclic) bond motifs is 1. The van der Waals surface area contributed by atoms with Crippen LogP contribution in [0.1, 0.15) is 31.8 Å². The van der Waals surface area contributed by atoms with Crippen LogP contribution in [0.3, 0.4) is 0 Å². The monoisotopic (exact) mass is 563 g/mol. The fourth-order valence-corrected chi connectivity index (χ4v) is 4.58. The Kier molecular flexibility index (Phi) is 6.59. The van der Waals surface area contributed by atoms with Gasteiger partial charge in [-0.2, -0.15) is 18.3 Å². The SMILES string of the molecule is Cc1c(F)cc(-c2cc(C(F)(F)F)c3c(N)ncnn23)cc1C(=O)N[C@@H]1CN(C(=O)c2ccncc2F)C[C@@H]1F. The summed E-state index contributed by atoms with van der Waals surface area (Å²) in [6.45, 7) is 0.537. The maximum atomic E-state index is 15.0. The highest BCUT2D eigenvalue weighted by Crippen LogP contribution is 2.39. The molecular weight excluding hydrogens is 544 g/mol. The molecule has 4 heterocycles. The van der Waals surface area contributed by atoms with E-state index in [4.69, 9.17) is 5.73 Å². The predicted molar refractivity (Wildman–Crippen MR) is 129 cm³/mol. The Labute approximate surface area is 221 Å². The van der Waals surface area contributed by atoms with E-state index < -0.39 is 65.3 Å². The number of hydrogen-bond donors (Lipinski definition) is 2. The van der Waals surface area contributed by atoms with Crippen molar-refractivity contribution in [2.45, 2.75) is 25.3 Å². The molecule has 1 aliphatic heterocycles. The molecule has 5 rings (SSSR count). The molecule has 0 aliphatic carbocycles. The van der Waals surface area contributed by atoms with Crippen LogP contribution in [0.4, 0.5) is 32.2 Å². The lowest BCUT2D eigenvalue weighted by Gasteiger charge is -2.18. The minimum absolute atomic E-state index is 0.134. The van der Waals surface area contributed by atoms with E-state index in [9.17, 15) is 35.9 Å². The first-order valence-corrected chi connectivity index (χ1v) is 11.7. The van der Waals surface area contributed by atoms with Crippen LogP contribution in [0.15, 0.2) is 43.0 Å². The van der Waals surface area contributed by atoms with Crippen molar-refractivity contribution >= 4 is 23.1 Å². The molecule has 2 amide bonds. The first-order chi connectivity index (χ1) is 18.9. The van der Waals surface area contributed by atoms with Crippen LogP contribution in [-0.2, 0) is 6.18 Å². The Hall–Kier alpha value is -4.69. The van der Waals surface area contributed by atoms with Gasteiger partial charge in [0, 0.05) is 23.9 Å². The number of carbonyl (C=O) groups excluding carboxylic acids is 2. The standard InChI is InChI=1S/C25H19F6N7O2/c1-11-14(23(39)36-19-9-37(8-18(19)28)24(40)13-2-3-33-7-17(13)27)4-12(5-16(11)26)20-6-15(25(29,30)31)21-22(32)34-10-35-38(20)21/h2-7,10,18-19H,8-9H2,1H3,(H,36,39)(H2,32,34,35)/t18-,19+/m0/s1. The highest BCUT2D eigenvalue weighted by atomic mass is 19.4. The van der Waals surface area contributed by atoms with E-state index >= 15 is 0 Å². The Balaban J connectivity index is 1.45. The average molecular weight is 563 g/mol. The van der Waals surface area contributed by atoms with Crippen LogP contribution < -0.4 is 11.1 Å². The normalized spacial score (nSPS) is 17.4. The van der Waals surface area contributed by atoms with E-state index in [2.05, 4.69) is 20.4 Å². The number of hydrogen-bond acceptors (Lipinski definition) is 6. The lowest BCUT2D eigenvalue weighted by atomic mass is 10.0. The molecule has 9 nitrogen and oxygen atoms in total. The number of nitrogens with zero attached hydrogens (tertiary/aromatic N) is 5. The van der Waals surface area contributed by atoms with Gasteiger partial charge in [0.1, 0.15) is 23.8 Å². The first kappa shape index (κ1) is 26.9. The summed E-state index contributed by atoms with van der Waals surface area (Å²) in [5.41, 5.74) is 2.87. The van der Waals surface area contributed by atoms with Gasteiger partial charge in [0.25, 0.3) is 11.8 Å². The molecule has 1 saturated heterocycles. The maximum absolute atomic E-state index is 15.0. The Bertz CT molecular complexity index is 1650. The zero-order chi connectivity index (χ0) is 28.9. The summed E-state index contributed by atoms with van der Waals surface area (Å²) in [5.74, 6) is -4.00. The molecule has 2 atom stereocenters. The van der Waals surface area contributed by atoms with Crippen LogP contribution in [0.2, 0.25) is 0 Å². The van der Waals surface area contributed by atoms with Crippen LogP contribution in [0.25, 0.3) is 16.8 Å². The molecule has 1 fully saturated rings. The van der Waals surface area contributed by atoms with Gasteiger partial charge in [0.2, 0.25) is 0 Å². The zero-order valence-electron chi connectivity index (χ0n) is 20.5. The Morgan fingerprint density at radius 2 is 1.85 bits per heavy atom. The van der Waals surface area contributed by atoms with Crippen LogP contribution in [0.5, 0.6) is 0 Å². The smallest absolute Gasteiger partial charge is 0.382 e. The number of nitrogens with one attached hydrogen (secondary N) is 1. The predicted octanol–water partition coefficient (Wildman–Crippen LogP) is 3.57. The Morgan fingerprint density at radius 3 is 2.55 bits per heavy atom. The summed E-state index contributed by atoms with van der Waals surface area (Å²) < 4.78 is 85.7. The molecule has 1 aromatic carbocycles. The quantitative estimate of drug-likeness (QED) is 0.367. The summed E-state index contributed by atoms with van der Waals surface area (Å²) in [4.78, 5) is 34.0. The number of anilines is 1. The number of benzene rings is 1. The second-order valence-electron chi connectivity index (χ2n) is 9.14. The second-order valence-corrected chi connectivity index (χ2v) is 9.14. The Morgan fingerprint density at radius 1 is 1.10 bits per heavy atom. The highest BCUT2D eigenvalue weighted by molar-refractivity contribution is 5.98. The summed E-state index contributed by atoms with van der Waals surface area (Å²) in [5, 5.41) is 6.22. The molecule has 0 bridgehead atoms. The molecular formula is C25H19F6N7O2. The van der Waals surface area contributed by atoms with E-state index in [1.54, 1.807) is 0 Å². The molecule has 0 spiro atoms. The van der Waals surface area contributed by atoms with Crippen molar-refractivity contribution in [2.24, 2.45) is 0 Å². The molecule has 40 heavy (non-hydrogen) atoms. The lowest BCUT2D eigenvalue weighted by molar-refractivity contribution is -0.136. The van der Waals surface area contributed by atoms with Gasteiger partial charge in [-0.1, -0.05) is 0 Å². The molecule has 3 N–H and O–H groups in total. The fourth-order valence-electron chi connectivity index (χ4n) is 4.58. The fraction of sp³-hybridized carbons (Fsp3) is 0.240. The lowest BCUT2D eigenvalue weighted by Crippen LogP contribution is -2.42. The number of aromatic nitrogens is 4. The number of amides is 2. The van der Waals surface area contributed by atoms with Gasteiger partial charge in [-0.25, -0.2) is 22.7 Å². The molecule has 0 radical (unpaired) electrons. The van der Waals surface area contributed by atoms with Crippen molar-refractivity contribution in [3.05, 3.63) is 76.9 Å². The number of alkyl halides is 4. The summed E-state index contributed by atoms with van der Waals surface area (Å²) >= 11 is 0. The van der Waals surface area contributed by atoms with Crippen molar-refractivity contribution in [3.8, 4) is 11.3 Å². The summed E-state index contributed by atoms with van der Waals surface area (Å²) in [6.07, 6.45) is -3.60. The van der Waals surface area contributed by atoms with Crippen LogP contribution in [-0.4, -0.2) is 61.6 Å². The molecule has 0 unspecified atom stereocenters. The highest BCUT2D eigenvalue weighted by Gasteiger charge is 2.39. The van der Waals surface area contributed by atoms with E-state index in [1.165, 1.54) is 13.1 Å². The average Bonchev–Trinajstić information content (AvgIpc) is 3.47. The van der Waals surface area contributed by atoms with Crippen molar-refractivity contribution in [3.63, 3.8) is 0 Å². The van der Waals surface area contributed by atoms with Gasteiger partial charge in [-0.3, -0.25) is 14.6 Å². The summed E-state index contributed by atoms with van der Waals surface area (Å²) in [6, 6.07) is 2.71. The third-order valence-corrected chi connectivity index (χ3v) is 6.63. The van der Waals surface area contributed by atoms with Crippen molar-refractivity contribution in [1.29, 1.82) is 0 Å². The topological polar surface area (TPSA) is 119 Å². The molecule has 1 aliphatic rings. The zero-order valence-corrected chi connectivity index (χ0v) is 20.5. The van der Waals surface area contributed by atoms with E-state index in [-0.39, 0.29) is 34.5 Å². The first-order valence-electron chi connectivity index (χ1n) is 11.7. The van der Waals surface area contributed by atoms with Crippen LogP contribution in [0, 0.1) is 18.6 Å². The number of nitrogen functional groups attached to an aromatic ring is 1. The van der Waals surface area contributed by atoms with Gasteiger partial charge in [0.05, 0.1) is 35.6 Å². The van der Waals surface area contributed by atoms with Gasteiger partial charge in [-0.15, -0.1) is 0 Å². The van der Waals surface area contributed by atoms with Gasteiger partial charge in [0.15, 0.2) is 11.6 Å². The molecule has 4 aromatic rings. The molecule has 3 aromatic heterocycles.